The number of rotatable bonds is 5. The lowest BCUT2D eigenvalue weighted by atomic mass is 10.4. The molecule has 8 heteroatoms. The first-order valence-electron chi connectivity index (χ1n) is 4.96. The molecular formula is C10H15BrCl2N2O2S. The van der Waals surface area contributed by atoms with Gasteiger partial charge < -0.3 is 5.32 Å². The second-order valence-corrected chi connectivity index (χ2v) is 6.72. The predicted molar refractivity (Wildman–Crippen MR) is 80.1 cm³/mol. The fourth-order valence-electron chi connectivity index (χ4n) is 1.27. The van der Waals surface area contributed by atoms with Crippen molar-refractivity contribution in [2.45, 2.75) is 4.90 Å². The van der Waals surface area contributed by atoms with Gasteiger partial charge in [0, 0.05) is 24.6 Å². The molecule has 1 aromatic carbocycles. The van der Waals surface area contributed by atoms with Crippen LogP contribution in [0.4, 0.5) is 0 Å². The van der Waals surface area contributed by atoms with Crippen LogP contribution >= 0.6 is 39.9 Å². The Hall–Kier alpha value is 0.150. The van der Waals surface area contributed by atoms with Gasteiger partial charge in [-0.1, -0.05) is 17.7 Å². The highest BCUT2D eigenvalue weighted by Gasteiger charge is 2.25. The lowest BCUT2D eigenvalue weighted by molar-refractivity contribution is 0.465. The first kappa shape index (κ1) is 18.1. The summed E-state index contributed by atoms with van der Waals surface area (Å²) in [5.74, 6) is 0. The van der Waals surface area contributed by atoms with Crippen LogP contribution < -0.4 is 5.32 Å². The molecule has 0 spiro atoms. The second kappa shape index (κ2) is 7.67. The summed E-state index contributed by atoms with van der Waals surface area (Å²) in [6, 6.07) is 4.91. The minimum absolute atomic E-state index is 0. The van der Waals surface area contributed by atoms with E-state index in [0.29, 0.717) is 17.6 Å². The van der Waals surface area contributed by atoms with Gasteiger partial charge in [-0.15, -0.1) is 12.4 Å². The predicted octanol–water partition coefficient (Wildman–Crippen LogP) is 2.36. The number of hydrogen-bond donors (Lipinski definition) is 1. The van der Waals surface area contributed by atoms with E-state index in [1.807, 2.05) is 0 Å². The Morgan fingerprint density at radius 3 is 2.56 bits per heavy atom. The third-order valence-electron chi connectivity index (χ3n) is 2.26. The van der Waals surface area contributed by atoms with Crippen molar-refractivity contribution in [1.29, 1.82) is 0 Å². The first-order chi connectivity index (χ1) is 7.91. The molecule has 4 nitrogen and oxygen atoms in total. The molecule has 0 heterocycles. The Bertz CT molecular complexity index is 476. The van der Waals surface area contributed by atoms with Crippen LogP contribution in [-0.4, -0.2) is 39.9 Å². The zero-order valence-corrected chi connectivity index (χ0v) is 14.0. The molecule has 0 aliphatic carbocycles. The Morgan fingerprint density at radius 2 is 2.06 bits per heavy atom. The fourth-order valence-corrected chi connectivity index (χ4v) is 4.11. The van der Waals surface area contributed by atoms with Crippen molar-refractivity contribution in [3.63, 3.8) is 0 Å². The van der Waals surface area contributed by atoms with Gasteiger partial charge in [0.15, 0.2) is 0 Å². The minimum Gasteiger partial charge on any atom is -0.318 e. The zero-order valence-electron chi connectivity index (χ0n) is 9.98. The topological polar surface area (TPSA) is 49.4 Å². The maximum atomic E-state index is 12.3. The number of nitrogens with one attached hydrogen (secondary N) is 1. The Balaban J connectivity index is 0.00000289. The van der Waals surface area contributed by atoms with Crippen LogP contribution in [0, 0.1) is 0 Å². The summed E-state index contributed by atoms with van der Waals surface area (Å²) >= 11 is 9.15. The third kappa shape index (κ3) is 4.08. The van der Waals surface area contributed by atoms with E-state index in [1.165, 1.54) is 11.4 Å². The van der Waals surface area contributed by atoms with E-state index in [-0.39, 0.29) is 22.3 Å². The maximum Gasteiger partial charge on any atom is 0.245 e. The highest BCUT2D eigenvalue weighted by atomic mass is 79.9. The van der Waals surface area contributed by atoms with Gasteiger partial charge in [-0.25, -0.2) is 8.42 Å². The molecule has 18 heavy (non-hydrogen) atoms. The number of nitrogens with zero attached hydrogens (tertiary/aromatic N) is 1. The molecule has 0 aliphatic rings. The van der Waals surface area contributed by atoms with E-state index in [1.54, 1.807) is 25.2 Å². The van der Waals surface area contributed by atoms with E-state index in [2.05, 4.69) is 21.2 Å². The highest BCUT2D eigenvalue weighted by Crippen LogP contribution is 2.31. The molecule has 0 saturated carbocycles. The lowest BCUT2D eigenvalue weighted by Gasteiger charge is -2.18. The Labute approximate surface area is 127 Å². The summed E-state index contributed by atoms with van der Waals surface area (Å²) in [4.78, 5) is 0.111. The monoisotopic (exact) mass is 376 g/mol. The smallest absolute Gasteiger partial charge is 0.245 e. The van der Waals surface area contributed by atoms with Gasteiger partial charge >= 0.3 is 0 Å². The van der Waals surface area contributed by atoms with Crippen LogP contribution in [0.3, 0.4) is 0 Å². The van der Waals surface area contributed by atoms with E-state index >= 15 is 0 Å². The van der Waals surface area contributed by atoms with E-state index in [0.717, 1.165) is 0 Å². The van der Waals surface area contributed by atoms with Crippen LogP contribution in [0.25, 0.3) is 0 Å². The average molecular weight is 378 g/mol. The Kier molecular flexibility index (Phi) is 7.73. The number of halogens is 3. The third-order valence-corrected chi connectivity index (χ3v) is 5.57. The van der Waals surface area contributed by atoms with Crippen LogP contribution in [0.1, 0.15) is 0 Å². The molecule has 1 N–H and O–H groups in total. The van der Waals surface area contributed by atoms with Gasteiger partial charge in [-0.3, -0.25) is 0 Å². The van der Waals surface area contributed by atoms with Crippen molar-refractivity contribution >= 4 is 50.0 Å². The summed E-state index contributed by atoms with van der Waals surface area (Å²) in [6.45, 7) is 0.967. The number of likely N-dealkylation sites (N-methyl/N-ethyl adjacent to an activating group) is 2. The van der Waals surface area contributed by atoms with Crippen molar-refractivity contribution in [3.05, 3.63) is 27.7 Å². The van der Waals surface area contributed by atoms with Gasteiger partial charge in [-0.05, 0) is 35.1 Å². The van der Waals surface area contributed by atoms with Crippen molar-refractivity contribution in [2.24, 2.45) is 0 Å². The van der Waals surface area contributed by atoms with Gasteiger partial charge in [0.25, 0.3) is 0 Å². The summed E-state index contributed by atoms with van der Waals surface area (Å²) in [6.07, 6.45) is 0. The standard InChI is InChI=1S/C10H14BrClN2O2S.ClH/c1-13-6-7-14(2)17(15,16)10-8(11)4-3-5-9(10)12;/h3-5,13H,6-7H2,1-2H3;1H. The van der Waals surface area contributed by atoms with E-state index in [9.17, 15) is 8.42 Å². The molecule has 0 atom stereocenters. The minimum atomic E-state index is -3.56. The van der Waals surface area contributed by atoms with Crippen LogP contribution in [-0.2, 0) is 10.0 Å². The molecule has 0 radical (unpaired) electrons. The maximum absolute atomic E-state index is 12.3. The summed E-state index contributed by atoms with van der Waals surface area (Å²) in [5.41, 5.74) is 0. The first-order valence-corrected chi connectivity index (χ1v) is 7.57. The number of hydrogen-bond acceptors (Lipinski definition) is 3. The van der Waals surface area contributed by atoms with Crippen LogP contribution in [0.5, 0.6) is 0 Å². The summed E-state index contributed by atoms with van der Waals surface area (Å²) in [5, 5.41) is 3.12. The van der Waals surface area contributed by atoms with Crippen molar-refractivity contribution in [1.82, 2.24) is 9.62 Å². The van der Waals surface area contributed by atoms with Crippen molar-refractivity contribution in [2.75, 3.05) is 27.2 Å². The molecular weight excluding hydrogens is 363 g/mol. The summed E-state index contributed by atoms with van der Waals surface area (Å²) in [7, 11) is -0.258. The molecule has 0 unspecified atom stereocenters. The molecule has 1 aromatic rings. The SMILES string of the molecule is CNCCN(C)S(=O)(=O)c1c(Cl)cccc1Br.Cl. The fraction of sp³-hybridized carbons (Fsp3) is 0.400. The second-order valence-electron chi connectivity index (χ2n) is 3.48. The molecule has 104 valence electrons. The molecule has 0 amide bonds. The lowest BCUT2D eigenvalue weighted by Crippen LogP contribution is -2.33. The Morgan fingerprint density at radius 1 is 1.44 bits per heavy atom. The van der Waals surface area contributed by atoms with E-state index in [4.69, 9.17) is 11.6 Å². The van der Waals surface area contributed by atoms with Gasteiger partial charge in [-0.2, -0.15) is 4.31 Å². The van der Waals surface area contributed by atoms with Crippen molar-refractivity contribution in [3.8, 4) is 0 Å². The molecule has 0 fully saturated rings. The van der Waals surface area contributed by atoms with Gasteiger partial charge in [0.1, 0.15) is 4.90 Å². The molecule has 0 bridgehead atoms. The van der Waals surface area contributed by atoms with Crippen LogP contribution in [0.15, 0.2) is 27.6 Å². The highest BCUT2D eigenvalue weighted by molar-refractivity contribution is 9.10. The molecule has 0 aromatic heterocycles. The number of sulfonamides is 1. The molecule has 1 rings (SSSR count). The molecule has 0 saturated heterocycles. The van der Waals surface area contributed by atoms with Gasteiger partial charge in [0.05, 0.1) is 5.02 Å². The van der Waals surface area contributed by atoms with Gasteiger partial charge in [0.2, 0.25) is 10.0 Å². The zero-order chi connectivity index (χ0) is 13.1. The average Bonchev–Trinajstić information content (AvgIpc) is 2.25. The summed E-state index contributed by atoms with van der Waals surface area (Å²) < 4.78 is 26.3. The quantitative estimate of drug-likeness (QED) is 0.856. The van der Waals surface area contributed by atoms with Crippen LogP contribution in [0.2, 0.25) is 5.02 Å². The van der Waals surface area contributed by atoms with E-state index < -0.39 is 10.0 Å². The van der Waals surface area contributed by atoms with Crippen molar-refractivity contribution < 1.29 is 8.42 Å². The largest absolute Gasteiger partial charge is 0.318 e. The normalized spacial score (nSPS) is 11.4. The molecule has 0 aliphatic heterocycles. The number of benzene rings is 1.